The van der Waals surface area contributed by atoms with Crippen molar-refractivity contribution in [1.82, 2.24) is 4.72 Å². The minimum absolute atomic E-state index is 0.108. The van der Waals surface area contributed by atoms with E-state index in [9.17, 15) is 18.0 Å². The molecule has 0 aliphatic carbocycles. The fraction of sp³-hybridized carbons (Fsp3) is 0.273. The first kappa shape index (κ1) is 22.5. The van der Waals surface area contributed by atoms with Gasteiger partial charge in [-0.2, -0.15) is 0 Å². The SMILES string of the molecule is Cc1cc(=O)oc2cc(OC(C)C(=O)Nc3ccc(S(=O)(=O)NC(C)C)cc3)ccc12. The Kier molecular flexibility index (Phi) is 6.47. The van der Waals surface area contributed by atoms with E-state index in [0.29, 0.717) is 17.0 Å². The van der Waals surface area contributed by atoms with Crippen molar-refractivity contribution in [2.45, 2.75) is 44.7 Å². The van der Waals surface area contributed by atoms with Crippen LogP contribution in [0.2, 0.25) is 0 Å². The molecule has 1 heterocycles. The minimum atomic E-state index is -3.60. The zero-order chi connectivity index (χ0) is 22.8. The van der Waals surface area contributed by atoms with Crippen molar-refractivity contribution >= 4 is 32.6 Å². The number of carbonyl (C=O) groups excluding carboxylic acids is 1. The molecule has 0 radical (unpaired) electrons. The molecule has 0 bridgehead atoms. The zero-order valence-electron chi connectivity index (χ0n) is 17.6. The quantitative estimate of drug-likeness (QED) is 0.541. The third-order valence-electron chi connectivity index (χ3n) is 4.43. The summed E-state index contributed by atoms with van der Waals surface area (Å²) >= 11 is 0. The first-order valence-corrected chi connectivity index (χ1v) is 11.2. The van der Waals surface area contributed by atoms with Gasteiger partial charge in [0.1, 0.15) is 11.3 Å². The lowest BCUT2D eigenvalue weighted by Crippen LogP contribution is -2.31. The van der Waals surface area contributed by atoms with Gasteiger partial charge >= 0.3 is 5.63 Å². The number of amides is 1. The summed E-state index contributed by atoms with van der Waals surface area (Å²) in [6, 6.07) is 12.1. The summed E-state index contributed by atoms with van der Waals surface area (Å²) in [5.41, 5.74) is 1.14. The van der Waals surface area contributed by atoms with Crippen molar-refractivity contribution in [3.63, 3.8) is 0 Å². The Morgan fingerprint density at radius 1 is 1.03 bits per heavy atom. The number of fused-ring (bicyclic) bond motifs is 1. The second-order valence-corrected chi connectivity index (χ2v) is 9.17. The lowest BCUT2D eigenvalue weighted by Gasteiger charge is -2.15. The Morgan fingerprint density at radius 2 is 1.71 bits per heavy atom. The fourth-order valence-corrected chi connectivity index (χ4v) is 4.23. The Labute approximate surface area is 180 Å². The van der Waals surface area contributed by atoms with E-state index >= 15 is 0 Å². The average Bonchev–Trinajstić information content (AvgIpc) is 2.67. The molecule has 0 aliphatic rings. The van der Waals surface area contributed by atoms with Crippen LogP contribution in [0.1, 0.15) is 26.3 Å². The smallest absolute Gasteiger partial charge is 0.336 e. The van der Waals surface area contributed by atoms with E-state index in [4.69, 9.17) is 9.15 Å². The summed E-state index contributed by atoms with van der Waals surface area (Å²) in [6.07, 6.45) is -0.847. The molecule has 31 heavy (non-hydrogen) atoms. The highest BCUT2D eigenvalue weighted by Gasteiger charge is 2.18. The third kappa shape index (κ3) is 5.50. The predicted molar refractivity (Wildman–Crippen MR) is 118 cm³/mol. The van der Waals surface area contributed by atoms with Crippen molar-refractivity contribution in [2.24, 2.45) is 0 Å². The van der Waals surface area contributed by atoms with Gasteiger partial charge in [-0.1, -0.05) is 0 Å². The molecule has 0 aliphatic heterocycles. The number of hydrogen-bond donors (Lipinski definition) is 2. The molecule has 9 heteroatoms. The van der Waals surface area contributed by atoms with Crippen molar-refractivity contribution < 1.29 is 22.4 Å². The zero-order valence-corrected chi connectivity index (χ0v) is 18.4. The second kappa shape index (κ2) is 8.91. The molecule has 3 aromatic rings. The van der Waals surface area contributed by atoms with E-state index < -0.39 is 27.7 Å². The summed E-state index contributed by atoms with van der Waals surface area (Å²) in [5, 5.41) is 3.47. The van der Waals surface area contributed by atoms with Crippen molar-refractivity contribution in [2.75, 3.05) is 5.32 Å². The molecule has 1 unspecified atom stereocenters. The van der Waals surface area contributed by atoms with Crippen LogP contribution in [-0.4, -0.2) is 26.5 Å². The van der Waals surface area contributed by atoms with Crippen LogP contribution in [0.5, 0.6) is 5.75 Å². The molecule has 1 atom stereocenters. The van der Waals surface area contributed by atoms with Gasteiger partial charge in [-0.05, 0) is 69.7 Å². The van der Waals surface area contributed by atoms with E-state index in [1.54, 1.807) is 39.0 Å². The lowest BCUT2D eigenvalue weighted by atomic mass is 10.1. The maximum Gasteiger partial charge on any atom is 0.336 e. The molecule has 0 saturated carbocycles. The highest BCUT2D eigenvalue weighted by Crippen LogP contribution is 2.23. The van der Waals surface area contributed by atoms with Crippen LogP contribution >= 0.6 is 0 Å². The average molecular weight is 445 g/mol. The molecule has 0 fully saturated rings. The van der Waals surface area contributed by atoms with Gasteiger partial charge in [0, 0.05) is 29.2 Å². The number of aryl methyl sites for hydroxylation is 1. The number of carbonyl (C=O) groups is 1. The Bertz CT molecular complexity index is 1260. The van der Waals surface area contributed by atoms with Gasteiger partial charge < -0.3 is 14.5 Å². The standard InChI is InChI=1S/C22H24N2O6S/c1-13(2)24-31(27,28)18-8-5-16(6-9-18)23-22(26)15(4)29-17-7-10-19-14(3)11-21(25)30-20(19)12-17/h5-13,15,24H,1-4H3,(H,23,26). The number of anilines is 1. The summed E-state index contributed by atoms with van der Waals surface area (Å²) in [7, 11) is -3.60. The van der Waals surface area contributed by atoms with Crippen LogP contribution in [0.25, 0.3) is 11.0 Å². The largest absolute Gasteiger partial charge is 0.481 e. The van der Waals surface area contributed by atoms with Crippen molar-refractivity contribution in [3.05, 3.63) is 64.5 Å². The molecule has 8 nitrogen and oxygen atoms in total. The normalized spacial score (nSPS) is 12.7. The first-order valence-electron chi connectivity index (χ1n) is 9.69. The maximum absolute atomic E-state index is 12.5. The lowest BCUT2D eigenvalue weighted by molar-refractivity contribution is -0.122. The Hall–Kier alpha value is -3.17. The molecular weight excluding hydrogens is 420 g/mol. The van der Waals surface area contributed by atoms with Gasteiger partial charge in [-0.3, -0.25) is 4.79 Å². The van der Waals surface area contributed by atoms with E-state index in [2.05, 4.69) is 10.0 Å². The molecular formula is C22H24N2O6S. The molecule has 3 rings (SSSR count). The minimum Gasteiger partial charge on any atom is -0.481 e. The van der Waals surface area contributed by atoms with Gasteiger partial charge in [-0.25, -0.2) is 17.9 Å². The molecule has 1 amide bonds. The fourth-order valence-electron chi connectivity index (χ4n) is 2.98. The number of nitrogens with one attached hydrogen (secondary N) is 2. The van der Waals surface area contributed by atoms with Crippen LogP contribution in [-0.2, 0) is 14.8 Å². The van der Waals surface area contributed by atoms with Crippen molar-refractivity contribution in [1.29, 1.82) is 0 Å². The van der Waals surface area contributed by atoms with E-state index in [1.165, 1.54) is 30.3 Å². The third-order valence-corrected chi connectivity index (χ3v) is 6.10. The maximum atomic E-state index is 12.5. The first-order chi connectivity index (χ1) is 14.5. The van der Waals surface area contributed by atoms with Crippen LogP contribution < -0.4 is 20.4 Å². The van der Waals surface area contributed by atoms with E-state index in [-0.39, 0.29) is 10.9 Å². The Balaban J connectivity index is 1.68. The van der Waals surface area contributed by atoms with Crippen molar-refractivity contribution in [3.8, 4) is 5.75 Å². The van der Waals surface area contributed by atoms with Gasteiger partial charge in [-0.15, -0.1) is 0 Å². The van der Waals surface area contributed by atoms with Gasteiger partial charge in [0.25, 0.3) is 5.91 Å². The van der Waals surface area contributed by atoms with E-state index in [1.807, 2.05) is 6.92 Å². The number of benzene rings is 2. The molecule has 0 spiro atoms. The number of ether oxygens (including phenoxy) is 1. The predicted octanol–water partition coefficient (Wildman–Crippen LogP) is 3.19. The number of sulfonamides is 1. The molecule has 2 N–H and O–H groups in total. The highest BCUT2D eigenvalue weighted by molar-refractivity contribution is 7.89. The van der Waals surface area contributed by atoms with Gasteiger partial charge in [0.05, 0.1) is 4.90 Å². The topological polar surface area (TPSA) is 115 Å². The highest BCUT2D eigenvalue weighted by atomic mass is 32.2. The second-order valence-electron chi connectivity index (χ2n) is 7.46. The van der Waals surface area contributed by atoms with Crippen LogP contribution in [0.15, 0.2) is 62.6 Å². The van der Waals surface area contributed by atoms with Crippen LogP contribution in [0.4, 0.5) is 5.69 Å². The number of hydrogen-bond acceptors (Lipinski definition) is 6. The molecule has 164 valence electrons. The Morgan fingerprint density at radius 3 is 2.35 bits per heavy atom. The number of rotatable bonds is 7. The monoisotopic (exact) mass is 444 g/mol. The van der Waals surface area contributed by atoms with Crippen LogP contribution in [0.3, 0.4) is 0 Å². The summed E-state index contributed by atoms with van der Waals surface area (Å²) in [5.74, 6) is -0.0354. The summed E-state index contributed by atoms with van der Waals surface area (Å²) in [4.78, 5) is 24.2. The summed E-state index contributed by atoms with van der Waals surface area (Å²) in [6.45, 7) is 6.86. The van der Waals surface area contributed by atoms with Gasteiger partial charge in [0.15, 0.2) is 6.10 Å². The van der Waals surface area contributed by atoms with E-state index in [0.717, 1.165) is 10.9 Å². The van der Waals surface area contributed by atoms with Gasteiger partial charge in [0.2, 0.25) is 10.0 Å². The van der Waals surface area contributed by atoms with Crippen LogP contribution in [0, 0.1) is 6.92 Å². The summed E-state index contributed by atoms with van der Waals surface area (Å²) < 4.78 is 37.7. The molecule has 2 aromatic carbocycles. The molecule has 0 saturated heterocycles. The molecule has 1 aromatic heterocycles.